The summed E-state index contributed by atoms with van der Waals surface area (Å²) in [7, 11) is 2.86. The van der Waals surface area contributed by atoms with E-state index in [-0.39, 0.29) is 12.4 Å². The van der Waals surface area contributed by atoms with Crippen LogP contribution < -0.4 is 19.6 Å². The van der Waals surface area contributed by atoms with E-state index in [4.69, 9.17) is 14.2 Å². The number of hydrogen-bond acceptors (Lipinski definition) is 7. The largest absolute Gasteiger partial charge is 0.493 e. The van der Waals surface area contributed by atoms with Crippen LogP contribution in [0.25, 0.3) is 0 Å². The summed E-state index contributed by atoms with van der Waals surface area (Å²) in [5, 5.41) is 3.73. The van der Waals surface area contributed by atoms with E-state index >= 15 is 0 Å². The van der Waals surface area contributed by atoms with Crippen molar-refractivity contribution in [3.05, 3.63) is 17.7 Å². The van der Waals surface area contributed by atoms with Crippen LogP contribution in [0.4, 0.5) is 4.79 Å². The van der Waals surface area contributed by atoms with Crippen LogP contribution in [0.1, 0.15) is 19.4 Å². The number of hydrazone groups is 1. The molecule has 8 heteroatoms. The maximum Gasteiger partial charge on any atom is 0.427 e. The molecule has 0 saturated carbocycles. The van der Waals surface area contributed by atoms with E-state index in [1.165, 1.54) is 27.4 Å². The Morgan fingerprint density at radius 1 is 1.23 bits per heavy atom. The van der Waals surface area contributed by atoms with Crippen LogP contribution in [-0.2, 0) is 9.53 Å². The minimum Gasteiger partial charge on any atom is -0.493 e. The van der Waals surface area contributed by atoms with E-state index in [1.807, 2.05) is 0 Å². The molecule has 0 heterocycles. The average molecular weight is 310 g/mol. The predicted octanol–water partition coefficient (Wildman–Crippen LogP) is 1.71. The van der Waals surface area contributed by atoms with Crippen LogP contribution in [0.5, 0.6) is 17.2 Å². The van der Waals surface area contributed by atoms with Crippen LogP contribution >= 0.6 is 0 Å². The van der Waals surface area contributed by atoms with Gasteiger partial charge in [0.05, 0.1) is 27.0 Å². The van der Waals surface area contributed by atoms with Gasteiger partial charge in [-0.2, -0.15) is 5.10 Å². The first-order valence-corrected chi connectivity index (χ1v) is 6.42. The average Bonchev–Trinajstić information content (AvgIpc) is 2.48. The van der Waals surface area contributed by atoms with Gasteiger partial charge in [-0.3, -0.25) is 4.79 Å². The molecule has 1 aromatic rings. The molecule has 1 rings (SSSR count). The fraction of sp³-hybridized carbons (Fsp3) is 0.357. The van der Waals surface area contributed by atoms with Crippen molar-refractivity contribution in [2.24, 2.45) is 5.10 Å². The molecule has 0 atom stereocenters. The number of benzene rings is 1. The predicted molar refractivity (Wildman–Crippen MR) is 78.6 cm³/mol. The first kappa shape index (κ1) is 17.3. The molecular formula is C14H18N2O6. The number of nitrogens with zero attached hydrogens (tertiary/aromatic N) is 1. The number of ether oxygens (including phenoxy) is 4. The summed E-state index contributed by atoms with van der Waals surface area (Å²) in [6, 6.07) is 3.16. The Morgan fingerprint density at radius 2 is 1.82 bits per heavy atom. The second-order valence-corrected chi connectivity index (χ2v) is 3.94. The Labute approximate surface area is 128 Å². The first-order chi connectivity index (χ1) is 10.5. The van der Waals surface area contributed by atoms with Crippen LogP contribution in [0, 0.1) is 0 Å². The maximum atomic E-state index is 11.1. The molecule has 0 aliphatic rings. The van der Waals surface area contributed by atoms with Gasteiger partial charge in [-0.25, -0.2) is 10.2 Å². The smallest absolute Gasteiger partial charge is 0.427 e. The number of hydrogen-bond donors (Lipinski definition) is 1. The van der Waals surface area contributed by atoms with Crippen LogP contribution in [-0.4, -0.2) is 39.1 Å². The topological polar surface area (TPSA) is 95.5 Å². The lowest BCUT2D eigenvalue weighted by atomic mass is 10.2. The molecule has 1 N–H and O–H groups in total. The molecule has 0 bridgehead atoms. The molecule has 0 aliphatic carbocycles. The van der Waals surface area contributed by atoms with Crippen molar-refractivity contribution in [3.63, 3.8) is 0 Å². The minimum absolute atomic E-state index is 0.174. The van der Waals surface area contributed by atoms with Gasteiger partial charge in [-0.15, -0.1) is 0 Å². The summed E-state index contributed by atoms with van der Waals surface area (Å²) in [4.78, 5) is 22.2. The van der Waals surface area contributed by atoms with E-state index in [9.17, 15) is 9.59 Å². The van der Waals surface area contributed by atoms with Gasteiger partial charge in [-0.05, 0) is 19.1 Å². The molecular weight excluding hydrogens is 292 g/mol. The molecule has 0 fully saturated rings. The van der Waals surface area contributed by atoms with E-state index in [0.29, 0.717) is 17.1 Å². The van der Waals surface area contributed by atoms with E-state index in [0.717, 1.165) is 0 Å². The highest BCUT2D eigenvalue weighted by atomic mass is 16.6. The van der Waals surface area contributed by atoms with E-state index in [1.54, 1.807) is 19.1 Å². The number of amides is 1. The maximum absolute atomic E-state index is 11.1. The second kappa shape index (κ2) is 8.50. The zero-order valence-electron chi connectivity index (χ0n) is 12.8. The van der Waals surface area contributed by atoms with Crippen molar-refractivity contribution in [2.45, 2.75) is 13.8 Å². The van der Waals surface area contributed by atoms with Crippen LogP contribution in [0.3, 0.4) is 0 Å². The Balaban J connectivity index is 3.00. The van der Waals surface area contributed by atoms with Crippen molar-refractivity contribution in [2.75, 3.05) is 20.8 Å². The Kier molecular flexibility index (Phi) is 6.68. The molecule has 0 spiro atoms. The molecule has 0 saturated heterocycles. The van der Waals surface area contributed by atoms with Gasteiger partial charge < -0.3 is 18.9 Å². The zero-order chi connectivity index (χ0) is 16.5. The van der Waals surface area contributed by atoms with Crippen molar-refractivity contribution < 1.29 is 28.5 Å². The highest BCUT2D eigenvalue weighted by Gasteiger charge is 2.15. The molecule has 0 radical (unpaired) electrons. The minimum atomic E-state index is -0.658. The Morgan fingerprint density at radius 3 is 2.27 bits per heavy atom. The highest BCUT2D eigenvalue weighted by molar-refractivity contribution is 5.84. The molecule has 0 unspecified atom stereocenters. The van der Waals surface area contributed by atoms with Gasteiger partial charge in [0.25, 0.3) is 0 Å². The number of carbonyl (C=O) groups excluding carboxylic acids is 2. The van der Waals surface area contributed by atoms with Gasteiger partial charge in [0.2, 0.25) is 5.75 Å². The van der Waals surface area contributed by atoms with Gasteiger partial charge in [0.15, 0.2) is 11.5 Å². The quantitative estimate of drug-likeness (QED) is 0.372. The number of methoxy groups -OCH3 is 2. The summed E-state index contributed by atoms with van der Waals surface area (Å²) >= 11 is 0. The summed E-state index contributed by atoms with van der Waals surface area (Å²) < 4.78 is 20.1. The first-order valence-electron chi connectivity index (χ1n) is 6.42. The van der Waals surface area contributed by atoms with E-state index in [2.05, 4.69) is 15.3 Å². The lowest BCUT2D eigenvalue weighted by Gasteiger charge is -2.13. The molecule has 8 nitrogen and oxygen atoms in total. The molecule has 120 valence electrons. The fourth-order valence-electron chi connectivity index (χ4n) is 1.54. The van der Waals surface area contributed by atoms with Gasteiger partial charge >= 0.3 is 12.1 Å². The van der Waals surface area contributed by atoms with Crippen molar-refractivity contribution in [1.82, 2.24) is 5.43 Å². The molecule has 0 aliphatic heterocycles. The summed E-state index contributed by atoms with van der Waals surface area (Å²) in [5.74, 6) is 0.272. The number of rotatable bonds is 6. The normalized spacial score (nSPS) is 10.2. The zero-order valence-corrected chi connectivity index (χ0v) is 12.8. The summed E-state index contributed by atoms with van der Waals surface area (Å²) in [6.45, 7) is 3.21. The Bertz CT molecular complexity index is 545. The standard InChI is InChI=1S/C14H18N2O6/c1-5-21-14(18)16-15-8-10-6-11(19-3)13(22-9(2)17)12(7-10)20-4/h6-8H,5H2,1-4H3,(H,16,18)/b15-8+. The third kappa shape index (κ3) is 4.97. The van der Waals surface area contributed by atoms with Gasteiger partial charge in [0.1, 0.15) is 0 Å². The third-order valence-corrected chi connectivity index (χ3v) is 2.37. The van der Waals surface area contributed by atoms with Crippen molar-refractivity contribution in [3.8, 4) is 17.2 Å². The highest BCUT2D eigenvalue weighted by Crippen LogP contribution is 2.38. The van der Waals surface area contributed by atoms with Crippen molar-refractivity contribution >= 4 is 18.3 Å². The fourth-order valence-corrected chi connectivity index (χ4v) is 1.54. The molecule has 22 heavy (non-hydrogen) atoms. The number of nitrogens with one attached hydrogen (secondary N) is 1. The monoisotopic (exact) mass is 310 g/mol. The van der Waals surface area contributed by atoms with E-state index < -0.39 is 12.1 Å². The molecule has 1 aromatic carbocycles. The van der Waals surface area contributed by atoms with Crippen LogP contribution in [0.15, 0.2) is 17.2 Å². The third-order valence-electron chi connectivity index (χ3n) is 2.37. The number of esters is 1. The lowest BCUT2D eigenvalue weighted by molar-refractivity contribution is -0.132. The molecule has 1 amide bonds. The molecule has 0 aromatic heterocycles. The SMILES string of the molecule is CCOC(=O)N/N=C/c1cc(OC)c(OC(C)=O)c(OC)c1. The second-order valence-electron chi connectivity index (χ2n) is 3.94. The Hall–Kier alpha value is -2.77. The van der Waals surface area contributed by atoms with Gasteiger partial charge in [0, 0.05) is 12.5 Å². The lowest BCUT2D eigenvalue weighted by Crippen LogP contribution is -2.18. The van der Waals surface area contributed by atoms with Crippen LogP contribution in [0.2, 0.25) is 0 Å². The summed E-state index contributed by atoms with van der Waals surface area (Å²) in [5.41, 5.74) is 2.77. The van der Waals surface area contributed by atoms with Gasteiger partial charge in [-0.1, -0.05) is 0 Å². The van der Waals surface area contributed by atoms with Crippen molar-refractivity contribution in [1.29, 1.82) is 0 Å². The number of carbonyl (C=O) groups is 2. The summed E-state index contributed by atoms with van der Waals surface area (Å²) in [6.07, 6.45) is 0.716.